The van der Waals surface area contributed by atoms with Crippen molar-refractivity contribution in [2.24, 2.45) is 5.92 Å². The highest BCUT2D eigenvalue weighted by Gasteiger charge is 2.22. The predicted molar refractivity (Wildman–Crippen MR) is 108 cm³/mol. The van der Waals surface area contributed by atoms with E-state index in [4.69, 9.17) is 16.3 Å². The molecule has 1 aromatic heterocycles. The maximum atomic E-state index is 13.0. The standard InChI is InChI=1S/C21H18ClFN2O2S/c22-18-9-16(27-11-14-3-5-15(23)6-4-14)7-8-17(18)21-25-19(12-28-21)20(26)24-10-13-1-2-13/h3-9,12-13H,1-2,10-11H2,(H,24,26). The molecule has 0 saturated heterocycles. The van der Waals surface area contributed by atoms with Crippen molar-refractivity contribution in [1.29, 1.82) is 0 Å². The molecule has 1 fully saturated rings. The van der Waals surface area contributed by atoms with Gasteiger partial charge in [-0.2, -0.15) is 0 Å². The molecule has 0 radical (unpaired) electrons. The summed E-state index contributed by atoms with van der Waals surface area (Å²) in [5, 5.41) is 5.84. The quantitative estimate of drug-likeness (QED) is 0.567. The van der Waals surface area contributed by atoms with Gasteiger partial charge in [0.1, 0.15) is 28.9 Å². The predicted octanol–water partition coefficient (Wildman–Crippen LogP) is 5.32. The molecule has 1 aliphatic rings. The molecule has 28 heavy (non-hydrogen) atoms. The van der Waals surface area contributed by atoms with Crippen molar-refractivity contribution >= 4 is 28.8 Å². The van der Waals surface area contributed by atoms with Gasteiger partial charge in [0.15, 0.2) is 0 Å². The molecule has 0 spiro atoms. The number of nitrogens with one attached hydrogen (secondary N) is 1. The fourth-order valence-electron chi connectivity index (χ4n) is 2.66. The van der Waals surface area contributed by atoms with Crippen LogP contribution in [0.4, 0.5) is 4.39 Å². The molecule has 2 aromatic carbocycles. The maximum absolute atomic E-state index is 13.0. The number of aromatic nitrogens is 1. The Morgan fingerprint density at radius 3 is 2.75 bits per heavy atom. The lowest BCUT2D eigenvalue weighted by molar-refractivity contribution is 0.0947. The van der Waals surface area contributed by atoms with E-state index in [9.17, 15) is 9.18 Å². The van der Waals surface area contributed by atoms with Crippen molar-refractivity contribution in [2.45, 2.75) is 19.4 Å². The summed E-state index contributed by atoms with van der Waals surface area (Å²) in [6.07, 6.45) is 2.38. The van der Waals surface area contributed by atoms with Gasteiger partial charge in [0.25, 0.3) is 5.91 Å². The van der Waals surface area contributed by atoms with Gasteiger partial charge in [-0.15, -0.1) is 11.3 Å². The molecule has 7 heteroatoms. The van der Waals surface area contributed by atoms with Crippen molar-refractivity contribution in [2.75, 3.05) is 6.54 Å². The van der Waals surface area contributed by atoms with E-state index in [0.29, 0.717) is 40.5 Å². The van der Waals surface area contributed by atoms with Crippen molar-refractivity contribution in [3.8, 4) is 16.3 Å². The van der Waals surface area contributed by atoms with Crippen LogP contribution in [-0.4, -0.2) is 17.4 Å². The summed E-state index contributed by atoms with van der Waals surface area (Å²) in [5.41, 5.74) is 2.03. The van der Waals surface area contributed by atoms with Gasteiger partial charge in [-0.25, -0.2) is 9.37 Å². The zero-order chi connectivity index (χ0) is 19.5. The number of nitrogens with zero attached hydrogens (tertiary/aromatic N) is 1. The van der Waals surface area contributed by atoms with Gasteiger partial charge < -0.3 is 10.1 Å². The van der Waals surface area contributed by atoms with Crippen molar-refractivity contribution in [1.82, 2.24) is 10.3 Å². The topological polar surface area (TPSA) is 51.2 Å². The fourth-order valence-corrected chi connectivity index (χ4v) is 3.81. The summed E-state index contributed by atoms with van der Waals surface area (Å²) >= 11 is 7.78. The summed E-state index contributed by atoms with van der Waals surface area (Å²) in [5.74, 6) is 0.806. The van der Waals surface area contributed by atoms with Gasteiger partial charge in [-0.1, -0.05) is 23.7 Å². The van der Waals surface area contributed by atoms with Crippen LogP contribution in [0.5, 0.6) is 5.75 Å². The van der Waals surface area contributed by atoms with Crippen LogP contribution < -0.4 is 10.1 Å². The fraction of sp³-hybridized carbons (Fsp3) is 0.238. The lowest BCUT2D eigenvalue weighted by Gasteiger charge is -2.08. The zero-order valence-corrected chi connectivity index (χ0v) is 16.5. The number of amides is 1. The SMILES string of the molecule is O=C(NCC1CC1)c1csc(-c2ccc(OCc3ccc(F)cc3)cc2Cl)n1. The summed E-state index contributed by atoms with van der Waals surface area (Å²) in [6, 6.07) is 11.5. The third kappa shape index (κ3) is 4.69. The minimum absolute atomic E-state index is 0.148. The van der Waals surface area contributed by atoms with E-state index in [0.717, 1.165) is 11.1 Å². The molecule has 0 atom stereocenters. The van der Waals surface area contributed by atoms with E-state index in [1.807, 2.05) is 6.07 Å². The first-order valence-electron chi connectivity index (χ1n) is 8.99. The van der Waals surface area contributed by atoms with Crippen molar-refractivity contribution in [3.63, 3.8) is 0 Å². The third-order valence-corrected chi connectivity index (χ3v) is 5.66. The highest BCUT2D eigenvalue weighted by molar-refractivity contribution is 7.13. The van der Waals surface area contributed by atoms with Crippen LogP contribution in [0, 0.1) is 11.7 Å². The molecule has 1 heterocycles. The zero-order valence-electron chi connectivity index (χ0n) is 15.0. The summed E-state index contributed by atoms with van der Waals surface area (Å²) in [4.78, 5) is 16.6. The van der Waals surface area contributed by atoms with E-state index < -0.39 is 0 Å². The second-order valence-electron chi connectivity index (χ2n) is 6.75. The molecular formula is C21H18ClFN2O2S. The van der Waals surface area contributed by atoms with Gasteiger partial charge in [-0.05, 0) is 54.7 Å². The second kappa shape index (κ2) is 8.29. The monoisotopic (exact) mass is 416 g/mol. The summed E-state index contributed by atoms with van der Waals surface area (Å²) < 4.78 is 18.7. The Labute approximate surface area is 171 Å². The number of carbonyl (C=O) groups excluding carboxylic acids is 1. The van der Waals surface area contributed by atoms with Gasteiger partial charge in [0.05, 0.1) is 5.02 Å². The van der Waals surface area contributed by atoms with E-state index >= 15 is 0 Å². The molecule has 0 aliphatic heterocycles. The molecular weight excluding hydrogens is 399 g/mol. The van der Waals surface area contributed by atoms with Gasteiger partial charge in [-0.3, -0.25) is 4.79 Å². The third-order valence-electron chi connectivity index (χ3n) is 4.47. The Balaban J connectivity index is 1.41. The number of carbonyl (C=O) groups is 1. The summed E-state index contributed by atoms with van der Waals surface area (Å²) in [7, 11) is 0. The molecule has 1 aliphatic carbocycles. The van der Waals surface area contributed by atoms with Crippen LogP contribution in [0.2, 0.25) is 5.02 Å². The van der Waals surface area contributed by atoms with E-state index in [2.05, 4.69) is 10.3 Å². The van der Waals surface area contributed by atoms with E-state index in [-0.39, 0.29) is 11.7 Å². The Morgan fingerprint density at radius 1 is 1.25 bits per heavy atom. The average molecular weight is 417 g/mol. The maximum Gasteiger partial charge on any atom is 0.270 e. The van der Waals surface area contributed by atoms with Crippen LogP contribution in [-0.2, 0) is 6.61 Å². The van der Waals surface area contributed by atoms with Crippen LogP contribution >= 0.6 is 22.9 Å². The normalized spacial score (nSPS) is 13.4. The molecule has 4 nitrogen and oxygen atoms in total. The Kier molecular flexibility index (Phi) is 5.59. The molecule has 1 saturated carbocycles. The minimum Gasteiger partial charge on any atom is -0.489 e. The lowest BCUT2D eigenvalue weighted by atomic mass is 10.2. The number of thiazole rings is 1. The minimum atomic E-state index is -0.278. The first kappa shape index (κ1) is 18.9. The van der Waals surface area contributed by atoms with Crippen molar-refractivity contribution in [3.05, 3.63) is 69.9 Å². The first-order chi connectivity index (χ1) is 13.6. The number of ether oxygens (including phenoxy) is 1. The van der Waals surface area contributed by atoms with E-state index in [1.165, 1.54) is 36.3 Å². The largest absolute Gasteiger partial charge is 0.489 e. The number of halogens is 2. The molecule has 144 valence electrons. The molecule has 1 N–H and O–H groups in total. The van der Waals surface area contributed by atoms with Crippen molar-refractivity contribution < 1.29 is 13.9 Å². The second-order valence-corrected chi connectivity index (χ2v) is 8.01. The average Bonchev–Trinajstić information content (AvgIpc) is 3.40. The van der Waals surface area contributed by atoms with Crippen LogP contribution in [0.3, 0.4) is 0 Å². The first-order valence-corrected chi connectivity index (χ1v) is 10.2. The Morgan fingerprint density at radius 2 is 2.04 bits per heavy atom. The van der Waals surface area contributed by atoms with Crippen LogP contribution in [0.15, 0.2) is 47.8 Å². The highest BCUT2D eigenvalue weighted by atomic mass is 35.5. The Hall–Kier alpha value is -2.44. The highest BCUT2D eigenvalue weighted by Crippen LogP contribution is 2.33. The van der Waals surface area contributed by atoms with Gasteiger partial charge in [0, 0.05) is 17.5 Å². The van der Waals surface area contributed by atoms with Gasteiger partial charge >= 0.3 is 0 Å². The van der Waals surface area contributed by atoms with E-state index in [1.54, 1.807) is 29.6 Å². The van der Waals surface area contributed by atoms with Crippen LogP contribution in [0.25, 0.3) is 10.6 Å². The smallest absolute Gasteiger partial charge is 0.270 e. The number of benzene rings is 2. The Bertz CT molecular complexity index is 986. The number of hydrogen-bond donors (Lipinski definition) is 1. The molecule has 1 amide bonds. The summed E-state index contributed by atoms with van der Waals surface area (Å²) in [6.45, 7) is 1.03. The molecule has 0 unspecified atom stereocenters. The lowest BCUT2D eigenvalue weighted by Crippen LogP contribution is -2.25. The molecule has 3 aromatic rings. The number of rotatable bonds is 7. The molecule has 4 rings (SSSR count). The molecule has 0 bridgehead atoms. The number of hydrogen-bond acceptors (Lipinski definition) is 4. The van der Waals surface area contributed by atoms with Gasteiger partial charge in [0.2, 0.25) is 0 Å². The van der Waals surface area contributed by atoms with Crippen LogP contribution in [0.1, 0.15) is 28.9 Å².